The molecular weight excluding hydrogens is 395 g/mol. The van der Waals surface area contributed by atoms with Crippen molar-refractivity contribution in [2.75, 3.05) is 7.11 Å². The second-order valence-electron chi connectivity index (χ2n) is 8.62. The van der Waals surface area contributed by atoms with Crippen LogP contribution >= 0.6 is 0 Å². The van der Waals surface area contributed by atoms with Crippen LogP contribution in [0.4, 0.5) is 4.39 Å². The largest absolute Gasteiger partial charge is 0.497 e. The van der Waals surface area contributed by atoms with Crippen molar-refractivity contribution >= 4 is 6.08 Å². The van der Waals surface area contributed by atoms with Crippen LogP contribution in [0.5, 0.6) is 5.75 Å². The van der Waals surface area contributed by atoms with Crippen molar-refractivity contribution in [2.24, 2.45) is 5.92 Å². The molecule has 0 saturated heterocycles. The SMILES string of the molecule is C=C[C@H]1CC[C@H](c2ccc(-c3ccc(-c4ccc(OC)cc4)cc3F)c(C=CC)c2)CC1. The van der Waals surface area contributed by atoms with Crippen LogP contribution in [0.2, 0.25) is 0 Å². The molecule has 32 heavy (non-hydrogen) atoms. The average molecular weight is 427 g/mol. The van der Waals surface area contributed by atoms with E-state index in [1.165, 1.54) is 31.2 Å². The van der Waals surface area contributed by atoms with E-state index in [-0.39, 0.29) is 5.82 Å². The van der Waals surface area contributed by atoms with Gasteiger partial charge in [0.15, 0.2) is 0 Å². The molecular formula is C30H31FO. The molecule has 3 aromatic rings. The molecule has 0 aromatic heterocycles. The first kappa shape index (κ1) is 22.1. The Morgan fingerprint density at radius 3 is 2.19 bits per heavy atom. The summed E-state index contributed by atoms with van der Waals surface area (Å²) in [6.45, 7) is 5.97. The van der Waals surface area contributed by atoms with Gasteiger partial charge in [0.1, 0.15) is 11.6 Å². The minimum absolute atomic E-state index is 0.205. The lowest BCUT2D eigenvalue weighted by Crippen LogP contribution is -2.11. The Kier molecular flexibility index (Phi) is 6.90. The fraction of sp³-hybridized carbons (Fsp3) is 0.267. The maximum atomic E-state index is 15.3. The maximum absolute atomic E-state index is 15.3. The summed E-state index contributed by atoms with van der Waals surface area (Å²) in [5.41, 5.74) is 5.83. The van der Waals surface area contributed by atoms with Gasteiger partial charge >= 0.3 is 0 Å². The lowest BCUT2D eigenvalue weighted by molar-refractivity contribution is 0.376. The molecule has 0 unspecified atom stereocenters. The van der Waals surface area contributed by atoms with Crippen molar-refractivity contribution in [2.45, 2.75) is 38.5 Å². The van der Waals surface area contributed by atoms with Crippen LogP contribution in [0.15, 0.2) is 79.4 Å². The predicted molar refractivity (Wildman–Crippen MR) is 133 cm³/mol. The van der Waals surface area contributed by atoms with Crippen molar-refractivity contribution in [3.8, 4) is 28.0 Å². The molecule has 0 spiro atoms. The number of methoxy groups -OCH3 is 1. The van der Waals surface area contributed by atoms with Gasteiger partial charge in [0, 0.05) is 5.56 Å². The molecule has 1 aliphatic carbocycles. The van der Waals surface area contributed by atoms with E-state index in [2.05, 4.69) is 36.9 Å². The fourth-order valence-corrected chi connectivity index (χ4v) is 4.78. The van der Waals surface area contributed by atoms with Crippen LogP contribution in [0.25, 0.3) is 28.3 Å². The Hall–Kier alpha value is -3.13. The smallest absolute Gasteiger partial charge is 0.131 e. The van der Waals surface area contributed by atoms with Gasteiger partial charge in [-0.1, -0.05) is 60.7 Å². The second kappa shape index (κ2) is 9.99. The van der Waals surface area contributed by atoms with Gasteiger partial charge in [-0.05, 0) is 90.5 Å². The van der Waals surface area contributed by atoms with E-state index in [0.29, 0.717) is 17.4 Å². The lowest BCUT2D eigenvalue weighted by atomic mass is 9.78. The number of rotatable bonds is 6. The third-order valence-corrected chi connectivity index (χ3v) is 6.68. The molecule has 2 heteroatoms. The first-order valence-electron chi connectivity index (χ1n) is 11.5. The molecule has 164 valence electrons. The first-order chi connectivity index (χ1) is 15.6. The van der Waals surface area contributed by atoms with Crippen molar-refractivity contribution in [1.29, 1.82) is 0 Å². The maximum Gasteiger partial charge on any atom is 0.131 e. The summed E-state index contributed by atoms with van der Waals surface area (Å²) in [6, 6.07) is 19.7. The number of allylic oxidation sites excluding steroid dienone is 2. The van der Waals surface area contributed by atoms with E-state index >= 15 is 4.39 Å². The molecule has 0 radical (unpaired) electrons. The summed E-state index contributed by atoms with van der Waals surface area (Å²) in [5.74, 6) is 1.81. The van der Waals surface area contributed by atoms with Crippen LogP contribution < -0.4 is 4.74 Å². The Morgan fingerprint density at radius 2 is 1.56 bits per heavy atom. The van der Waals surface area contributed by atoms with Gasteiger partial charge in [0.05, 0.1) is 7.11 Å². The number of ether oxygens (including phenoxy) is 1. The molecule has 1 fully saturated rings. The van der Waals surface area contributed by atoms with Crippen LogP contribution in [0.1, 0.15) is 49.7 Å². The first-order valence-corrected chi connectivity index (χ1v) is 11.5. The molecule has 0 heterocycles. The van der Waals surface area contributed by atoms with Gasteiger partial charge in [-0.25, -0.2) is 4.39 Å². The van der Waals surface area contributed by atoms with E-state index in [1.54, 1.807) is 13.2 Å². The summed E-state index contributed by atoms with van der Waals surface area (Å²) in [6.07, 6.45) is 11.0. The third kappa shape index (κ3) is 4.70. The summed E-state index contributed by atoms with van der Waals surface area (Å²) in [5, 5.41) is 0. The van der Waals surface area contributed by atoms with Crippen LogP contribution in [-0.2, 0) is 0 Å². The minimum Gasteiger partial charge on any atom is -0.497 e. The standard InChI is InChI=1S/C30H31FO/c1-4-6-26-19-24(22-9-7-21(5-2)8-10-22)13-17-28(26)29-18-14-25(20-30(29)31)23-11-15-27(32-3)16-12-23/h4-6,11-22H,2,7-10H2,1,3H3/t21-,22-. The Labute approximate surface area is 191 Å². The van der Waals surface area contributed by atoms with Gasteiger partial charge in [-0.15, -0.1) is 6.58 Å². The van der Waals surface area contributed by atoms with Crippen molar-refractivity contribution in [3.63, 3.8) is 0 Å². The highest BCUT2D eigenvalue weighted by Crippen LogP contribution is 2.39. The molecule has 0 amide bonds. The molecule has 3 aromatic carbocycles. The Balaban J connectivity index is 1.64. The number of hydrogen-bond donors (Lipinski definition) is 0. The average Bonchev–Trinajstić information content (AvgIpc) is 2.84. The van der Waals surface area contributed by atoms with E-state index in [0.717, 1.165) is 28.0 Å². The second-order valence-corrected chi connectivity index (χ2v) is 8.62. The summed E-state index contributed by atoms with van der Waals surface area (Å²) >= 11 is 0. The predicted octanol–water partition coefficient (Wildman–Crippen LogP) is 8.66. The van der Waals surface area contributed by atoms with Crippen LogP contribution in [0.3, 0.4) is 0 Å². The number of benzene rings is 3. The quantitative estimate of drug-likeness (QED) is 0.358. The van der Waals surface area contributed by atoms with Gasteiger partial charge in [0.25, 0.3) is 0 Å². The van der Waals surface area contributed by atoms with Crippen LogP contribution in [-0.4, -0.2) is 7.11 Å². The van der Waals surface area contributed by atoms with Crippen molar-refractivity contribution < 1.29 is 9.13 Å². The van der Waals surface area contributed by atoms with E-state index in [1.807, 2.05) is 49.4 Å². The number of hydrogen-bond acceptors (Lipinski definition) is 1. The molecule has 0 bridgehead atoms. The van der Waals surface area contributed by atoms with E-state index in [9.17, 15) is 0 Å². The summed E-state index contributed by atoms with van der Waals surface area (Å²) in [4.78, 5) is 0. The molecule has 0 atom stereocenters. The summed E-state index contributed by atoms with van der Waals surface area (Å²) in [7, 11) is 1.64. The zero-order valence-electron chi connectivity index (χ0n) is 19.0. The minimum atomic E-state index is -0.205. The highest BCUT2D eigenvalue weighted by atomic mass is 19.1. The zero-order valence-corrected chi connectivity index (χ0v) is 19.0. The van der Waals surface area contributed by atoms with Gasteiger partial charge in [-0.2, -0.15) is 0 Å². The fourth-order valence-electron chi connectivity index (χ4n) is 4.78. The lowest BCUT2D eigenvalue weighted by Gasteiger charge is -2.27. The molecule has 0 N–H and O–H groups in total. The molecule has 1 nitrogen and oxygen atoms in total. The third-order valence-electron chi connectivity index (χ3n) is 6.68. The molecule has 1 saturated carbocycles. The van der Waals surface area contributed by atoms with Gasteiger partial charge < -0.3 is 4.74 Å². The van der Waals surface area contributed by atoms with Gasteiger partial charge in [-0.3, -0.25) is 0 Å². The number of halogens is 1. The highest BCUT2D eigenvalue weighted by molar-refractivity contribution is 5.78. The zero-order chi connectivity index (χ0) is 22.5. The van der Waals surface area contributed by atoms with Gasteiger partial charge in [0.2, 0.25) is 0 Å². The molecule has 0 aliphatic heterocycles. The Morgan fingerprint density at radius 1 is 0.875 bits per heavy atom. The summed E-state index contributed by atoms with van der Waals surface area (Å²) < 4.78 is 20.5. The molecule has 4 rings (SSSR count). The monoisotopic (exact) mass is 426 g/mol. The van der Waals surface area contributed by atoms with E-state index in [4.69, 9.17) is 4.74 Å². The van der Waals surface area contributed by atoms with Crippen molar-refractivity contribution in [1.82, 2.24) is 0 Å². The molecule has 1 aliphatic rings. The Bertz CT molecular complexity index is 1100. The topological polar surface area (TPSA) is 9.23 Å². The van der Waals surface area contributed by atoms with E-state index < -0.39 is 0 Å². The highest BCUT2D eigenvalue weighted by Gasteiger charge is 2.21. The van der Waals surface area contributed by atoms with Crippen molar-refractivity contribution in [3.05, 3.63) is 96.3 Å². The normalized spacial score (nSPS) is 18.6. The van der Waals surface area contributed by atoms with Crippen LogP contribution in [0, 0.1) is 11.7 Å².